The number of hydrogen-bond donors (Lipinski definition) is 1. The van der Waals surface area contributed by atoms with Crippen LogP contribution in [0.3, 0.4) is 0 Å². The summed E-state index contributed by atoms with van der Waals surface area (Å²) in [5.41, 5.74) is 2.10. The van der Waals surface area contributed by atoms with Crippen LogP contribution in [0, 0.1) is 5.82 Å². The summed E-state index contributed by atoms with van der Waals surface area (Å²) in [6.45, 7) is 3.80. The van der Waals surface area contributed by atoms with E-state index >= 15 is 0 Å². The van der Waals surface area contributed by atoms with Crippen molar-refractivity contribution in [3.63, 3.8) is 0 Å². The number of anilines is 1. The van der Waals surface area contributed by atoms with Crippen molar-refractivity contribution in [1.82, 2.24) is 0 Å². The van der Waals surface area contributed by atoms with Crippen LogP contribution in [0.2, 0.25) is 5.02 Å². The van der Waals surface area contributed by atoms with E-state index in [1.54, 1.807) is 31.2 Å². The van der Waals surface area contributed by atoms with E-state index in [1.165, 1.54) is 6.07 Å². The second-order valence-electron chi connectivity index (χ2n) is 5.07. The van der Waals surface area contributed by atoms with Gasteiger partial charge < -0.3 is 10.1 Å². The van der Waals surface area contributed by atoms with Crippen molar-refractivity contribution in [2.24, 2.45) is 0 Å². The summed E-state index contributed by atoms with van der Waals surface area (Å²) >= 11 is 6.18. The van der Waals surface area contributed by atoms with Crippen LogP contribution in [0.25, 0.3) is 0 Å². The molecule has 0 spiro atoms. The molecule has 1 N–H and O–H groups in total. The second-order valence-corrected chi connectivity index (χ2v) is 5.48. The Balaban J connectivity index is 2.18. The highest BCUT2D eigenvalue weighted by atomic mass is 35.5. The van der Waals surface area contributed by atoms with Gasteiger partial charge in [0.15, 0.2) is 11.6 Å². The molecule has 0 aromatic heterocycles. The van der Waals surface area contributed by atoms with Gasteiger partial charge in [0.25, 0.3) is 0 Å². The van der Waals surface area contributed by atoms with E-state index in [0.717, 1.165) is 12.0 Å². The minimum absolute atomic E-state index is 0.0708. The first-order valence-corrected chi connectivity index (χ1v) is 7.91. The Morgan fingerprint density at radius 2 is 2.04 bits per heavy atom. The molecule has 0 bridgehead atoms. The molecule has 3 nitrogen and oxygen atoms in total. The lowest BCUT2D eigenvalue weighted by atomic mass is 10.1. The molecule has 2 aromatic rings. The summed E-state index contributed by atoms with van der Waals surface area (Å²) in [5, 5.41) is 3.24. The topological polar surface area (TPSA) is 38.3 Å². The molecule has 0 aliphatic heterocycles. The van der Waals surface area contributed by atoms with Gasteiger partial charge in [-0.2, -0.15) is 0 Å². The molecule has 122 valence electrons. The van der Waals surface area contributed by atoms with Crippen molar-refractivity contribution in [3.05, 3.63) is 58.4 Å². The van der Waals surface area contributed by atoms with Crippen molar-refractivity contribution in [1.29, 1.82) is 0 Å². The van der Waals surface area contributed by atoms with Crippen molar-refractivity contribution >= 4 is 23.2 Å². The Morgan fingerprint density at radius 1 is 1.26 bits per heavy atom. The number of ether oxygens (including phenoxy) is 1. The first-order valence-electron chi connectivity index (χ1n) is 7.53. The number of aryl methyl sites for hydroxylation is 1. The van der Waals surface area contributed by atoms with E-state index in [9.17, 15) is 9.18 Å². The zero-order chi connectivity index (χ0) is 16.8. The normalized spacial score (nSPS) is 10.4. The van der Waals surface area contributed by atoms with Crippen LogP contribution in [0.15, 0.2) is 36.4 Å². The highest BCUT2D eigenvalue weighted by Crippen LogP contribution is 2.27. The van der Waals surface area contributed by atoms with Crippen LogP contribution < -0.4 is 10.1 Å². The van der Waals surface area contributed by atoms with Gasteiger partial charge in [-0.15, -0.1) is 0 Å². The third kappa shape index (κ3) is 4.45. The van der Waals surface area contributed by atoms with E-state index in [1.807, 2.05) is 13.0 Å². The Bertz CT molecular complexity index is 703. The standard InChI is InChI=1S/C18H19ClFNO2/c1-3-12-8-9-17(15(20)10-12)23-11-13-14(19)6-5-7-16(13)21-18(22)4-2/h5-10H,3-4,11H2,1-2H3,(H,21,22). The van der Waals surface area contributed by atoms with Gasteiger partial charge in [-0.05, 0) is 36.2 Å². The number of carbonyl (C=O) groups excluding carboxylic acids is 1. The molecule has 23 heavy (non-hydrogen) atoms. The predicted octanol–water partition coefficient (Wildman–Crippen LogP) is 4.97. The number of benzene rings is 2. The fourth-order valence-electron chi connectivity index (χ4n) is 2.09. The van der Waals surface area contributed by atoms with Gasteiger partial charge in [0.2, 0.25) is 5.91 Å². The van der Waals surface area contributed by atoms with E-state index < -0.39 is 5.82 Å². The molecule has 0 saturated heterocycles. The largest absolute Gasteiger partial charge is 0.486 e. The quantitative estimate of drug-likeness (QED) is 0.809. The maximum atomic E-state index is 14.0. The molecule has 0 aliphatic carbocycles. The molecule has 0 saturated carbocycles. The number of rotatable bonds is 6. The van der Waals surface area contributed by atoms with Gasteiger partial charge in [-0.3, -0.25) is 4.79 Å². The number of amides is 1. The number of nitrogens with one attached hydrogen (secondary N) is 1. The van der Waals surface area contributed by atoms with Gasteiger partial charge in [0, 0.05) is 22.7 Å². The average Bonchev–Trinajstić information content (AvgIpc) is 2.55. The minimum atomic E-state index is -0.407. The lowest BCUT2D eigenvalue weighted by Gasteiger charge is -2.14. The van der Waals surface area contributed by atoms with Gasteiger partial charge in [0.1, 0.15) is 6.61 Å². The Labute approximate surface area is 140 Å². The molecule has 0 fully saturated rings. The molecule has 0 unspecified atom stereocenters. The van der Waals surface area contributed by atoms with E-state index in [-0.39, 0.29) is 18.3 Å². The average molecular weight is 336 g/mol. The van der Waals surface area contributed by atoms with Crippen LogP contribution >= 0.6 is 11.6 Å². The summed E-state index contributed by atoms with van der Waals surface area (Å²) in [6.07, 6.45) is 1.12. The molecule has 5 heteroatoms. The molecule has 0 aliphatic rings. The number of hydrogen-bond acceptors (Lipinski definition) is 2. The second kappa shape index (κ2) is 7.97. The smallest absolute Gasteiger partial charge is 0.224 e. The van der Waals surface area contributed by atoms with E-state index in [4.69, 9.17) is 16.3 Å². The third-order valence-electron chi connectivity index (χ3n) is 3.49. The molecule has 0 radical (unpaired) electrons. The minimum Gasteiger partial charge on any atom is -0.486 e. The highest BCUT2D eigenvalue weighted by molar-refractivity contribution is 6.31. The summed E-state index contributed by atoms with van der Waals surface area (Å²) in [5.74, 6) is -0.363. The SMILES string of the molecule is CCC(=O)Nc1cccc(Cl)c1COc1ccc(CC)cc1F. The summed E-state index contributed by atoms with van der Waals surface area (Å²) in [6, 6.07) is 10.1. The molecule has 2 aromatic carbocycles. The fourth-order valence-corrected chi connectivity index (χ4v) is 2.32. The van der Waals surface area contributed by atoms with E-state index in [0.29, 0.717) is 22.7 Å². The van der Waals surface area contributed by atoms with Crippen LogP contribution in [-0.2, 0) is 17.8 Å². The molecule has 0 heterocycles. The van der Waals surface area contributed by atoms with Crippen LogP contribution in [0.5, 0.6) is 5.75 Å². The number of carbonyl (C=O) groups is 1. The zero-order valence-corrected chi connectivity index (χ0v) is 13.9. The molecular weight excluding hydrogens is 317 g/mol. The fraction of sp³-hybridized carbons (Fsp3) is 0.278. The predicted molar refractivity (Wildman–Crippen MR) is 90.5 cm³/mol. The molecule has 0 atom stereocenters. The first kappa shape index (κ1) is 17.3. The summed E-state index contributed by atoms with van der Waals surface area (Å²) in [7, 11) is 0. The number of halogens is 2. The maximum absolute atomic E-state index is 14.0. The van der Waals surface area contributed by atoms with Gasteiger partial charge >= 0.3 is 0 Å². The third-order valence-corrected chi connectivity index (χ3v) is 3.84. The maximum Gasteiger partial charge on any atom is 0.224 e. The van der Waals surface area contributed by atoms with Crippen LogP contribution in [0.1, 0.15) is 31.4 Å². The van der Waals surface area contributed by atoms with Crippen molar-refractivity contribution in [3.8, 4) is 5.75 Å². The summed E-state index contributed by atoms with van der Waals surface area (Å²) in [4.78, 5) is 11.6. The lowest BCUT2D eigenvalue weighted by molar-refractivity contribution is -0.115. The van der Waals surface area contributed by atoms with Crippen molar-refractivity contribution < 1.29 is 13.9 Å². The lowest BCUT2D eigenvalue weighted by Crippen LogP contribution is -2.12. The molecule has 2 rings (SSSR count). The highest BCUT2D eigenvalue weighted by Gasteiger charge is 2.12. The first-order chi connectivity index (χ1) is 11.0. The van der Waals surface area contributed by atoms with Gasteiger partial charge in [-0.25, -0.2) is 4.39 Å². The monoisotopic (exact) mass is 335 g/mol. The Hall–Kier alpha value is -2.07. The van der Waals surface area contributed by atoms with Crippen LogP contribution in [-0.4, -0.2) is 5.91 Å². The van der Waals surface area contributed by atoms with E-state index in [2.05, 4.69) is 5.32 Å². The Kier molecular flexibility index (Phi) is 5.99. The summed E-state index contributed by atoms with van der Waals surface area (Å²) < 4.78 is 19.5. The molecular formula is C18H19ClFNO2. The van der Waals surface area contributed by atoms with Gasteiger partial charge in [-0.1, -0.05) is 37.6 Å². The van der Waals surface area contributed by atoms with Crippen molar-refractivity contribution in [2.75, 3.05) is 5.32 Å². The van der Waals surface area contributed by atoms with Crippen LogP contribution in [0.4, 0.5) is 10.1 Å². The van der Waals surface area contributed by atoms with Gasteiger partial charge in [0.05, 0.1) is 0 Å². The van der Waals surface area contributed by atoms with Crippen molar-refractivity contribution in [2.45, 2.75) is 33.3 Å². The molecule has 1 amide bonds. The Morgan fingerprint density at radius 3 is 2.70 bits per heavy atom. The zero-order valence-electron chi connectivity index (χ0n) is 13.2.